The van der Waals surface area contributed by atoms with Crippen LogP contribution in [0.3, 0.4) is 0 Å². The topological polar surface area (TPSA) is 46.5 Å². The molecule has 1 N–H and O–H groups in total. The van der Waals surface area contributed by atoms with E-state index in [4.69, 9.17) is 9.84 Å². The van der Waals surface area contributed by atoms with Crippen molar-refractivity contribution in [3.05, 3.63) is 23.8 Å². The standard InChI is InChI=1S/C9H10O3S/c1-12-7-4-3-6(9(10)11)5-8(7)13-2/h3-5H,1-2H3,(H,10,11). The summed E-state index contributed by atoms with van der Waals surface area (Å²) in [4.78, 5) is 11.5. The smallest absolute Gasteiger partial charge is 0.335 e. The van der Waals surface area contributed by atoms with Crippen LogP contribution in [0.5, 0.6) is 5.75 Å². The van der Waals surface area contributed by atoms with Crippen LogP contribution in [0.15, 0.2) is 23.1 Å². The van der Waals surface area contributed by atoms with Crippen LogP contribution in [0.1, 0.15) is 10.4 Å². The molecule has 0 unspecified atom stereocenters. The fraction of sp³-hybridized carbons (Fsp3) is 0.222. The van der Waals surface area contributed by atoms with Crippen LogP contribution in [0.2, 0.25) is 0 Å². The molecule has 0 heterocycles. The van der Waals surface area contributed by atoms with Crippen molar-refractivity contribution in [1.82, 2.24) is 0 Å². The van der Waals surface area contributed by atoms with Crippen LogP contribution in [0.4, 0.5) is 0 Å². The van der Waals surface area contributed by atoms with E-state index in [1.165, 1.54) is 17.8 Å². The maximum atomic E-state index is 10.6. The van der Waals surface area contributed by atoms with Crippen molar-refractivity contribution >= 4 is 17.7 Å². The highest BCUT2D eigenvalue weighted by atomic mass is 32.2. The molecule has 0 aromatic heterocycles. The lowest BCUT2D eigenvalue weighted by Crippen LogP contribution is -1.97. The summed E-state index contributed by atoms with van der Waals surface area (Å²) in [5, 5.41) is 8.72. The van der Waals surface area contributed by atoms with E-state index in [1.807, 2.05) is 6.26 Å². The van der Waals surface area contributed by atoms with Crippen LogP contribution >= 0.6 is 11.8 Å². The first-order valence-corrected chi connectivity index (χ1v) is 4.87. The first-order chi connectivity index (χ1) is 6.19. The summed E-state index contributed by atoms with van der Waals surface area (Å²) in [5.41, 5.74) is 0.283. The summed E-state index contributed by atoms with van der Waals surface area (Å²) in [6.07, 6.45) is 1.88. The number of benzene rings is 1. The molecule has 0 atom stereocenters. The van der Waals surface area contributed by atoms with E-state index in [0.29, 0.717) is 5.75 Å². The summed E-state index contributed by atoms with van der Waals surface area (Å²) in [5.74, 6) is -0.213. The van der Waals surface area contributed by atoms with E-state index in [1.54, 1.807) is 19.2 Å². The van der Waals surface area contributed by atoms with Gasteiger partial charge in [0.1, 0.15) is 5.75 Å². The molecular formula is C9H10O3S. The molecule has 0 saturated heterocycles. The maximum Gasteiger partial charge on any atom is 0.335 e. The second-order valence-corrected chi connectivity index (χ2v) is 3.22. The number of carboxylic acid groups (broad SMARTS) is 1. The fourth-order valence-corrected chi connectivity index (χ4v) is 1.57. The van der Waals surface area contributed by atoms with Crippen LogP contribution in [-0.4, -0.2) is 24.4 Å². The van der Waals surface area contributed by atoms with Gasteiger partial charge in [0, 0.05) is 4.90 Å². The highest BCUT2D eigenvalue weighted by molar-refractivity contribution is 7.98. The molecule has 0 bridgehead atoms. The lowest BCUT2D eigenvalue weighted by atomic mass is 10.2. The molecule has 0 saturated carbocycles. The van der Waals surface area contributed by atoms with Gasteiger partial charge in [0.2, 0.25) is 0 Å². The molecular weight excluding hydrogens is 188 g/mol. The number of carbonyl (C=O) groups is 1. The normalized spacial score (nSPS) is 9.69. The molecule has 0 aliphatic heterocycles. The van der Waals surface area contributed by atoms with Crippen LogP contribution in [0.25, 0.3) is 0 Å². The van der Waals surface area contributed by atoms with Gasteiger partial charge in [0.15, 0.2) is 0 Å². The zero-order valence-electron chi connectivity index (χ0n) is 7.40. The molecule has 0 spiro atoms. The number of methoxy groups -OCH3 is 1. The first-order valence-electron chi connectivity index (χ1n) is 3.64. The van der Waals surface area contributed by atoms with E-state index in [-0.39, 0.29) is 5.56 Å². The Morgan fingerprint density at radius 1 is 1.54 bits per heavy atom. The minimum absolute atomic E-state index is 0.283. The predicted octanol–water partition coefficient (Wildman–Crippen LogP) is 2.12. The average Bonchev–Trinajstić information content (AvgIpc) is 2.16. The van der Waals surface area contributed by atoms with E-state index < -0.39 is 5.97 Å². The minimum atomic E-state index is -0.919. The highest BCUT2D eigenvalue weighted by Gasteiger charge is 2.07. The van der Waals surface area contributed by atoms with Crippen molar-refractivity contribution in [1.29, 1.82) is 0 Å². The van der Waals surface area contributed by atoms with Crippen LogP contribution in [0, 0.1) is 0 Å². The van der Waals surface area contributed by atoms with Crippen molar-refractivity contribution in [3.63, 3.8) is 0 Å². The fourth-order valence-electron chi connectivity index (χ4n) is 0.969. The first kappa shape index (κ1) is 9.92. The third-order valence-corrected chi connectivity index (χ3v) is 2.39. The Kier molecular flexibility index (Phi) is 3.19. The summed E-state index contributed by atoms with van der Waals surface area (Å²) in [7, 11) is 1.56. The van der Waals surface area contributed by atoms with Crippen molar-refractivity contribution in [2.24, 2.45) is 0 Å². The number of carboxylic acids is 1. The Balaban J connectivity index is 3.13. The number of ether oxygens (including phenoxy) is 1. The lowest BCUT2D eigenvalue weighted by Gasteiger charge is -2.06. The molecule has 0 fully saturated rings. The number of hydrogen-bond acceptors (Lipinski definition) is 3. The molecule has 0 aliphatic carbocycles. The Hall–Kier alpha value is -1.16. The third-order valence-electron chi connectivity index (χ3n) is 1.63. The molecule has 4 heteroatoms. The molecule has 3 nitrogen and oxygen atoms in total. The van der Waals surface area contributed by atoms with Gasteiger partial charge >= 0.3 is 5.97 Å². The Bertz CT molecular complexity index is 323. The van der Waals surface area contributed by atoms with Gasteiger partial charge in [-0.15, -0.1) is 11.8 Å². The van der Waals surface area contributed by atoms with Crippen LogP contribution < -0.4 is 4.74 Å². The van der Waals surface area contributed by atoms with Gasteiger partial charge in [-0.05, 0) is 24.5 Å². The summed E-state index contributed by atoms with van der Waals surface area (Å²) < 4.78 is 5.06. The Morgan fingerprint density at radius 3 is 2.69 bits per heavy atom. The van der Waals surface area contributed by atoms with E-state index in [9.17, 15) is 4.79 Å². The SMILES string of the molecule is COc1ccc(C(=O)O)cc1SC. The quantitative estimate of drug-likeness (QED) is 0.756. The van der Waals surface area contributed by atoms with Gasteiger partial charge in [-0.2, -0.15) is 0 Å². The number of hydrogen-bond donors (Lipinski definition) is 1. The highest BCUT2D eigenvalue weighted by Crippen LogP contribution is 2.28. The summed E-state index contributed by atoms with van der Waals surface area (Å²) >= 11 is 1.46. The second kappa shape index (κ2) is 4.18. The van der Waals surface area contributed by atoms with Crippen molar-refractivity contribution in [2.75, 3.05) is 13.4 Å². The van der Waals surface area contributed by atoms with E-state index in [2.05, 4.69) is 0 Å². The zero-order valence-corrected chi connectivity index (χ0v) is 8.22. The maximum absolute atomic E-state index is 10.6. The van der Waals surface area contributed by atoms with Crippen LogP contribution in [-0.2, 0) is 0 Å². The van der Waals surface area contributed by atoms with Gasteiger partial charge in [0.05, 0.1) is 12.7 Å². The lowest BCUT2D eigenvalue weighted by molar-refractivity contribution is 0.0696. The van der Waals surface area contributed by atoms with Crippen molar-refractivity contribution < 1.29 is 14.6 Å². The molecule has 0 amide bonds. The predicted molar refractivity (Wildman–Crippen MR) is 51.7 cm³/mol. The van der Waals surface area contributed by atoms with Gasteiger partial charge in [-0.25, -0.2) is 4.79 Å². The van der Waals surface area contributed by atoms with Gasteiger partial charge in [-0.3, -0.25) is 0 Å². The molecule has 70 valence electrons. The summed E-state index contributed by atoms with van der Waals surface area (Å²) in [6, 6.07) is 4.79. The molecule has 1 rings (SSSR count). The second-order valence-electron chi connectivity index (χ2n) is 2.37. The summed E-state index contributed by atoms with van der Waals surface area (Å²) in [6.45, 7) is 0. The molecule has 13 heavy (non-hydrogen) atoms. The molecule has 0 aliphatic rings. The number of aromatic carboxylic acids is 1. The number of rotatable bonds is 3. The molecule has 1 aromatic rings. The van der Waals surface area contributed by atoms with Crippen molar-refractivity contribution in [3.8, 4) is 5.75 Å². The third kappa shape index (κ3) is 2.15. The van der Waals surface area contributed by atoms with Crippen molar-refractivity contribution in [2.45, 2.75) is 4.90 Å². The zero-order chi connectivity index (χ0) is 9.84. The van der Waals surface area contributed by atoms with Gasteiger partial charge in [-0.1, -0.05) is 0 Å². The monoisotopic (exact) mass is 198 g/mol. The van der Waals surface area contributed by atoms with E-state index in [0.717, 1.165) is 4.90 Å². The average molecular weight is 198 g/mol. The largest absolute Gasteiger partial charge is 0.496 e. The van der Waals surface area contributed by atoms with Gasteiger partial charge < -0.3 is 9.84 Å². The Morgan fingerprint density at radius 2 is 2.23 bits per heavy atom. The van der Waals surface area contributed by atoms with E-state index >= 15 is 0 Å². The minimum Gasteiger partial charge on any atom is -0.496 e. The molecule has 0 radical (unpaired) electrons. The Labute approximate surface area is 80.7 Å². The number of thioether (sulfide) groups is 1. The molecule has 1 aromatic carbocycles. The van der Waals surface area contributed by atoms with Gasteiger partial charge in [0.25, 0.3) is 0 Å².